The highest BCUT2D eigenvalue weighted by atomic mass is 35.5. The highest BCUT2D eigenvalue weighted by Gasteiger charge is 2.05. The van der Waals surface area contributed by atoms with Crippen LogP contribution in [0.5, 0.6) is 0 Å². The van der Waals surface area contributed by atoms with Crippen LogP contribution >= 0.6 is 23.4 Å². The Hall–Kier alpha value is -1.66. The van der Waals surface area contributed by atoms with Crippen LogP contribution in [0.2, 0.25) is 5.02 Å². The molecule has 3 N–H and O–H groups in total. The topological polar surface area (TPSA) is 72.9 Å². The summed E-state index contributed by atoms with van der Waals surface area (Å²) in [6.07, 6.45) is 5.05. The van der Waals surface area contributed by atoms with Crippen LogP contribution < -0.4 is 11.1 Å². The number of carbonyl (C=O) groups is 1. The predicted octanol–water partition coefficient (Wildman–Crippen LogP) is 3.17. The predicted molar refractivity (Wildman–Crippen MR) is 87.7 cm³/mol. The van der Waals surface area contributed by atoms with E-state index in [0.29, 0.717) is 22.8 Å². The Morgan fingerprint density at radius 2 is 2.33 bits per heavy atom. The number of halogens is 1. The summed E-state index contributed by atoms with van der Waals surface area (Å²) < 4.78 is 1.76. The molecule has 0 unspecified atom stereocenters. The zero-order valence-electron chi connectivity index (χ0n) is 11.7. The molecule has 2 aromatic rings. The summed E-state index contributed by atoms with van der Waals surface area (Å²) >= 11 is 7.53. The minimum absolute atomic E-state index is 0.0245. The molecule has 0 aliphatic heterocycles. The van der Waals surface area contributed by atoms with Crippen molar-refractivity contribution in [2.24, 2.45) is 7.05 Å². The van der Waals surface area contributed by atoms with Gasteiger partial charge in [0.25, 0.3) is 0 Å². The van der Waals surface area contributed by atoms with Crippen LogP contribution in [0.1, 0.15) is 12.8 Å². The van der Waals surface area contributed by atoms with E-state index in [9.17, 15) is 4.79 Å². The van der Waals surface area contributed by atoms with Crippen molar-refractivity contribution in [2.75, 3.05) is 16.8 Å². The molecule has 1 aromatic heterocycles. The minimum atomic E-state index is -0.0245. The molecule has 0 saturated carbocycles. The number of hydrogen-bond donors (Lipinski definition) is 2. The molecule has 0 saturated heterocycles. The number of nitrogen functional groups attached to an aromatic ring is 1. The molecule has 1 amide bonds. The van der Waals surface area contributed by atoms with Gasteiger partial charge in [-0.25, -0.2) is 0 Å². The number of aryl methyl sites for hydroxylation is 1. The molecule has 7 heteroatoms. The van der Waals surface area contributed by atoms with Crippen LogP contribution in [0.3, 0.4) is 0 Å². The Morgan fingerprint density at radius 1 is 1.52 bits per heavy atom. The SMILES string of the molecule is Cn1cc(SCCCC(=O)Nc2ccc(Cl)c(N)c2)cn1. The van der Waals surface area contributed by atoms with Gasteiger partial charge in [-0.3, -0.25) is 9.48 Å². The number of amides is 1. The van der Waals surface area contributed by atoms with Gasteiger partial charge in [0.05, 0.1) is 16.9 Å². The van der Waals surface area contributed by atoms with E-state index >= 15 is 0 Å². The van der Waals surface area contributed by atoms with Crippen molar-refractivity contribution >= 4 is 40.6 Å². The van der Waals surface area contributed by atoms with Gasteiger partial charge in [0.2, 0.25) is 5.91 Å². The monoisotopic (exact) mass is 324 g/mol. The summed E-state index contributed by atoms with van der Waals surface area (Å²) in [7, 11) is 1.88. The van der Waals surface area contributed by atoms with Crippen molar-refractivity contribution in [1.82, 2.24) is 9.78 Å². The number of thioether (sulfide) groups is 1. The van der Waals surface area contributed by atoms with Gasteiger partial charge in [-0.1, -0.05) is 11.6 Å². The molecule has 5 nitrogen and oxygen atoms in total. The second kappa shape index (κ2) is 7.38. The molecule has 0 aliphatic rings. The molecule has 21 heavy (non-hydrogen) atoms. The first-order chi connectivity index (χ1) is 10.0. The third-order valence-electron chi connectivity index (χ3n) is 2.78. The molecule has 0 atom stereocenters. The third kappa shape index (κ3) is 4.99. The average Bonchev–Trinajstić information content (AvgIpc) is 2.85. The molecule has 0 radical (unpaired) electrons. The van der Waals surface area contributed by atoms with E-state index in [-0.39, 0.29) is 5.91 Å². The van der Waals surface area contributed by atoms with Gasteiger partial charge in [-0.2, -0.15) is 5.10 Å². The number of nitrogens with two attached hydrogens (primary N) is 1. The second-order valence-corrected chi connectivity index (χ2v) is 6.16. The lowest BCUT2D eigenvalue weighted by Crippen LogP contribution is -2.11. The summed E-state index contributed by atoms with van der Waals surface area (Å²) in [4.78, 5) is 12.9. The molecular weight excluding hydrogens is 308 g/mol. The fourth-order valence-corrected chi connectivity index (χ4v) is 2.73. The van der Waals surface area contributed by atoms with Crippen molar-refractivity contribution in [3.63, 3.8) is 0 Å². The van der Waals surface area contributed by atoms with E-state index in [4.69, 9.17) is 17.3 Å². The highest BCUT2D eigenvalue weighted by molar-refractivity contribution is 7.99. The lowest BCUT2D eigenvalue weighted by Gasteiger charge is -2.06. The molecule has 0 bridgehead atoms. The molecule has 2 rings (SSSR count). The van der Waals surface area contributed by atoms with Crippen molar-refractivity contribution in [1.29, 1.82) is 0 Å². The first-order valence-electron chi connectivity index (χ1n) is 6.51. The molecule has 1 heterocycles. The smallest absolute Gasteiger partial charge is 0.224 e. The number of carbonyl (C=O) groups excluding carboxylic acids is 1. The molecular formula is C14H17ClN4OS. The first-order valence-corrected chi connectivity index (χ1v) is 7.87. The van der Waals surface area contributed by atoms with Crippen LogP contribution in [-0.4, -0.2) is 21.4 Å². The largest absolute Gasteiger partial charge is 0.397 e. The fraction of sp³-hybridized carbons (Fsp3) is 0.286. The maximum Gasteiger partial charge on any atom is 0.224 e. The van der Waals surface area contributed by atoms with Gasteiger partial charge < -0.3 is 11.1 Å². The second-order valence-electron chi connectivity index (χ2n) is 4.59. The number of rotatable bonds is 6. The Morgan fingerprint density at radius 3 is 3.00 bits per heavy atom. The Labute approximate surface area is 132 Å². The Bertz CT molecular complexity index is 629. The Balaban J connectivity index is 1.71. The van der Waals surface area contributed by atoms with Crippen LogP contribution in [0.15, 0.2) is 35.5 Å². The van der Waals surface area contributed by atoms with Crippen molar-refractivity contribution in [2.45, 2.75) is 17.7 Å². The van der Waals surface area contributed by atoms with Crippen molar-refractivity contribution in [3.05, 3.63) is 35.6 Å². The van der Waals surface area contributed by atoms with Gasteiger partial charge in [0.15, 0.2) is 0 Å². The summed E-state index contributed by atoms with van der Waals surface area (Å²) in [5.41, 5.74) is 6.82. The lowest BCUT2D eigenvalue weighted by atomic mass is 10.2. The number of nitrogens with one attached hydrogen (secondary N) is 1. The molecule has 0 spiro atoms. The summed E-state index contributed by atoms with van der Waals surface area (Å²) in [6.45, 7) is 0. The van der Waals surface area contributed by atoms with E-state index in [1.54, 1.807) is 34.6 Å². The van der Waals surface area contributed by atoms with E-state index in [1.807, 2.05) is 19.4 Å². The van der Waals surface area contributed by atoms with Crippen LogP contribution in [-0.2, 0) is 11.8 Å². The van der Waals surface area contributed by atoms with Crippen molar-refractivity contribution < 1.29 is 4.79 Å². The van der Waals surface area contributed by atoms with Gasteiger partial charge >= 0.3 is 0 Å². The van der Waals surface area contributed by atoms with Gasteiger partial charge in [-0.15, -0.1) is 11.8 Å². The van der Waals surface area contributed by atoms with Gasteiger partial charge in [0, 0.05) is 30.2 Å². The fourth-order valence-electron chi connectivity index (χ4n) is 1.74. The number of nitrogens with zero attached hydrogens (tertiary/aromatic N) is 2. The maximum absolute atomic E-state index is 11.8. The average molecular weight is 325 g/mol. The van der Waals surface area contributed by atoms with E-state index in [2.05, 4.69) is 10.4 Å². The summed E-state index contributed by atoms with van der Waals surface area (Å²) in [6, 6.07) is 5.07. The number of hydrogen-bond acceptors (Lipinski definition) is 4. The van der Waals surface area contributed by atoms with Gasteiger partial charge in [0.1, 0.15) is 0 Å². The van der Waals surface area contributed by atoms with Crippen LogP contribution in [0.25, 0.3) is 0 Å². The number of anilines is 2. The number of benzene rings is 1. The zero-order valence-corrected chi connectivity index (χ0v) is 13.2. The van der Waals surface area contributed by atoms with Crippen molar-refractivity contribution in [3.8, 4) is 0 Å². The van der Waals surface area contributed by atoms with E-state index in [1.165, 1.54) is 0 Å². The molecule has 112 valence electrons. The first kappa shape index (κ1) is 15.7. The lowest BCUT2D eigenvalue weighted by molar-refractivity contribution is -0.116. The normalized spacial score (nSPS) is 10.6. The van der Waals surface area contributed by atoms with E-state index in [0.717, 1.165) is 17.1 Å². The summed E-state index contributed by atoms with van der Waals surface area (Å²) in [5, 5.41) is 7.39. The standard InChI is InChI=1S/C14H17ClN4OS/c1-19-9-11(8-17-19)21-6-2-3-14(20)18-10-4-5-12(15)13(16)7-10/h4-5,7-9H,2-3,6,16H2,1H3,(H,18,20). The van der Waals surface area contributed by atoms with Crippen LogP contribution in [0, 0.1) is 0 Å². The Kier molecular flexibility index (Phi) is 5.52. The van der Waals surface area contributed by atoms with Gasteiger partial charge in [-0.05, 0) is 30.4 Å². The minimum Gasteiger partial charge on any atom is -0.397 e. The molecule has 1 aromatic carbocycles. The quantitative estimate of drug-likeness (QED) is 0.486. The molecule has 0 aliphatic carbocycles. The molecule has 0 fully saturated rings. The number of aromatic nitrogens is 2. The highest BCUT2D eigenvalue weighted by Crippen LogP contribution is 2.22. The van der Waals surface area contributed by atoms with Crippen LogP contribution in [0.4, 0.5) is 11.4 Å². The maximum atomic E-state index is 11.8. The third-order valence-corrected chi connectivity index (χ3v) is 4.16. The van der Waals surface area contributed by atoms with E-state index < -0.39 is 0 Å². The summed E-state index contributed by atoms with van der Waals surface area (Å²) in [5.74, 6) is 0.852. The zero-order chi connectivity index (χ0) is 15.2.